The van der Waals surface area contributed by atoms with Gasteiger partial charge in [0.25, 0.3) is 12.4 Å². The van der Waals surface area contributed by atoms with Gasteiger partial charge in [-0.3, -0.25) is 14.4 Å². The molecule has 1 amide bonds. The number of nitrogens with zero attached hydrogens (tertiary/aromatic N) is 2. The summed E-state index contributed by atoms with van der Waals surface area (Å²) < 4.78 is 6.91. The summed E-state index contributed by atoms with van der Waals surface area (Å²) in [5.41, 5.74) is 2.67. The SMILES string of the molecule is CCc1[nH]c(=O)ccc1C(=O)NC(C)c1cnn(-c2ccc(OC)cc2)c1.O=CO. The lowest BCUT2D eigenvalue weighted by Gasteiger charge is -2.14. The predicted octanol–water partition coefficient (Wildman–Crippen LogP) is 2.32. The number of aryl methyl sites for hydroxylation is 1. The van der Waals surface area contributed by atoms with Crippen LogP contribution in [0.3, 0.4) is 0 Å². The van der Waals surface area contributed by atoms with Crippen LogP contribution in [0.2, 0.25) is 0 Å². The number of methoxy groups -OCH3 is 1. The molecule has 3 N–H and O–H groups in total. The number of H-pyrrole nitrogens is 1. The van der Waals surface area contributed by atoms with Crippen LogP contribution in [-0.2, 0) is 11.2 Å². The third kappa shape index (κ3) is 5.57. The number of pyridine rings is 1. The first kappa shape index (κ1) is 22.4. The number of benzene rings is 1. The fourth-order valence-corrected chi connectivity index (χ4v) is 2.80. The number of hydrogen-bond acceptors (Lipinski definition) is 5. The molecule has 0 radical (unpaired) electrons. The van der Waals surface area contributed by atoms with Crippen molar-refractivity contribution in [2.75, 3.05) is 7.11 Å². The topological polar surface area (TPSA) is 126 Å². The Labute approximate surface area is 173 Å². The maximum Gasteiger partial charge on any atom is 0.290 e. The van der Waals surface area contributed by atoms with Crippen LogP contribution in [0.1, 0.15) is 41.5 Å². The molecule has 0 saturated heterocycles. The van der Waals surface area contributed by atoms with E-state index in [-0.39, 0.29) is 24.0 Å². The molecule has 1 atom stereocenters. The fraction of sp³-hybridized carbons (Fsp3) is 0.238. The molecule has 1 aromatic carbocycles. The van der Waals surface area contributed by atoms with Crippen molar-refractivity contribution in [3.05, 3.63) is 76.0 Å². The van der Waals surface area contributed by atoms with E-state index in [2.05, 4.69) is 15.4 Å². The van der Waals surface area contributed by atoms with Crippen LogP contribution < -0.4 is 15.6 Å². The highest BCUT2D eigenvalue weighted by Crippen LogP contribution is 2.18. The van der Waals surface area contributed by atoms with Gasteiger partial charge in [0.2, 0.25) is 5.56 Å². The Morgan fingerprint density at radius 3 is 2.57 bits per heavy atom. The van der Waals surface area contributed by atoms with E-state index >= 15 is 0 Å². The van der Waals surface area contributed by atoms with Crippen LogP contribution in [0, 0.1) is 0 Å². The number of carbonyl (C=O) groups is 2. The minimum Gasteiger partial charge on any atom is -0.497 e. The van der Waals surface area contributed by atoms with Crippen molar-refractivity contribution in [2.45, 2.75) is 26.3 Å². The van der Waals surface area contributed by atoms with Gasteiger partial charge in [-0.25, -0.2) is 4.68 Å². The number of rotatable bonds is 6. The number of aromatic nitrogens is 3. The summed E-state index contributed by atoms with van der Waals surface area (Å²) in [5.74, 6) is 0.548. The lowest BCUT2D eigenvalue weighted by molar-refractivity contribution is -0.122. The predicted molar refractivity (Wildman–Crippen MR) is 111 cm³/mol. The van der Waals surface area contributed by atoms with Crippen molar-refractivity contribution < 1.29 is 19.4 Å². The third-order valence-corrected chi connectivity index (χ3v) is 4.39. The van der Waals surface area contributed by atoms with Gasteiger partial charge >= 0.3 is 0 Å². The van der Waals surface area contributed by atoms with E-state index in [0.717, 1.165) is 17.0 Å². The molecule has 0 aliphatic heterocycles. The zero-order valence-electron chi connectivity index (χ0n) is 17.0. The van der Waals surface area contributed by atoms with Crippen molar-refractivity contribution in [1.29, 1.82) is 0 Å². The summed E-state index contributed by atoms with van der Waals surface area (Å²) in [6, 6.07) is 10.2. The van der Waals surface area contributed by atoms with Crippen molar-refractivity contribution in [3.63, 3.8) is 0 Å². The second-order valence-corrected chi connectivity index (χ2v) is 6.29. The molecule has 1 unspecified atom stereocenters. The number of hydrogen-bond donors (Lipinski definition) is 3. The monoisotopic (exact) mass is 412 g/mol. The lowest BCUT2D eigenvalue weighted by atomic mass is 10.1. The first-order valence-corrected chi connectivity index (χ1v) is 9.23. The summed E-state index contributed by atoms with van der Waals surface area (Å²) in [6.45, 7) is 3.54. The third-order valence-electron chi connectivity index (χ3n) is 4.39. The summed E-state index contributed by atoms with van der Waals surface area (Å²) in [6.07, 6.45) is 4.17. The molecule has 9 nitrogen and oxygen atoms in total. The van der Waals surface area contributed by atoms with Gasteiger partial charge in [-0.2, -0.15) is 5.10 Å². The van der Waals surface area contributed by atoms with E-state index in [1.54, 1.807) is 24.1 Å². The zero-order valence-corrected chi connectivity index (χ0v) is 17.0. The molecule has 2 aromatic heterocycles. The number of amides is 1. The molecular weight excluding hydrogens is 388 g/mol. The average Bonchev–Trinajstić information content (AvgIpc) is 3.24. The minimum atomic E-state index is -0.250. The van der Waals surface area contributed by atoms with E-state index in [1.165, 1.54) is 6.07 Å². The van der Waals surface area contributed by atoms with E-state index in [0.29, 0.717) is 17.7 Å². The van der Waals surface area contributed by atoms with E-state index in [9.17, 15) is 9.59 Å². The maximum absolute atomic E-state index is 12.6. The van der Waals surface area contributed by atoms with Crippen molar-refractivity contribution in [2.24, 2.45) is 0 Å². The van der Waals surface area contributed by atoms with Crippen LogP contribution in [0.25, 0.3) is 5.69 Å². The number of nitrogens with one attached hydrogen (secondary N) is 2. The highest BCUT2D eigenvalue weighted by molar-refractivity contribution is 5.95. The van der Waals surface area contributed by atoms with Crippen LogP contribution in [-0.4, -0.2) is 39.4 Å². The van der Waals surface area contributed by atoms with Gasteiger partial charge in [-0.15, -0.1) is 0 Å². The zero-order chi connectivity index (χ0) is 22.1. The Morgan fingerprint density at radius 1 is 1.30 bits per heavy atom. The molecular formula is C21H24N4O5. The summed E-state index contributed by atoms with van der Waals surface area (Å²) in [4.78, 5) is 35.1. The number of aromatic amines is 1. The van der Waals surface area contributed by atoms with Gasteiger partial charge < -0.3 is 20.1 Å². The first-order chi connectivity index (χ1) is 14.4. The summed E-state index contributed by atoms with van der Waals surface area (Å²) >= 11 is 0. The summed E-state index contributed by atoms with van der Waals surface area (Å²) in [5, 5.41) is 14.2. The average molecular weight is 412 g/mol. The Hall–Kier alpha value is -3.88. The quantitative estimate of drug-likeness (QED) is 0.534. The molecule has 2 heterocycles. The molecule has 0 aliphatic carbocycles. The smallest absolute Gasteiger partial charge is 0.290 e. The second kappa shape index (κ2) is 10.6. The molecule has 0 aliphatic rings. The normalized spacial score (nSPS) is 11.0. The molecule has 30 heavy (non-hydrogen) atoms. The van der Waals surface area contributed by atoms with Gasteiger partial charge in [0.05, 0.1) is 30.6 Å². The van der Waals surface area contributed by atoms with Gasteiger partial charge in [0.15, 0.2) is 0 Å². The van der Waals surface area contributed by atoms with Crippen molar-refractivity contribution >= 4 is 12.4 Å². The van der Waals surface area contributed by atoms with Crippen LogP contribution in [0.5, 0.6) is 5.75 Å². The second-order valence-electron chi connectivity index (χ2n) is 6.29. The molecule has 0 fully saturated rings. The van der Waals surface area contributed by atoms with Crippen LogP contribution in [0.15, 0.2) is 53.6 Å². The molecule has 0 bridgehead atoms. The Kier molecular flexibility index (Phi) is 7.92. The van der Waals surface area contributed by atoms with Gasteiger partial charge in [-0.05, 0) is 43.7 Å². The molecule has 3 rings (SSSR count). The Bertz CT molecular complexity index is 1040. The van der Waals surface area contributed by atoms with Crippen LogP contribution >= 0.6 is 0 Å². The van der Waals surface area contributed by atoms with Gasteiger partial charge in [0.1, 0.15) is 5.75 Å². The summed E-state index contributed by atoms with van der Waals surface area (Å²) in [7, 11) is 1.62. The molecule has 158 valence electrons. The van der Waals surface area contributed by atoms with E-state index < -0.39 is 0 Å². The van der Waals surface area contributed by atoms with Gasteiger partial charge in [0, 0.05) is 23.5 Å². The van der Waals surface area contributed by atoms with Gasteiger partial charge in [-0.1, -0.05) is 6.92 Å². The number of carbonyl (C=O) groups excluding carboxylic acids is 1. The lowest BCUT2D eigenvalue weighted by Crippen LogP contribution is -2.28. The minimum absolute atomic E-state index is 0.211. The van der Waals surface area contributed by atoms with E-state index in [1.807, 2.05) is 44.3 Å². The van der Waals surface area contributed by atoms with E-state index in [4.69, 9.17) is 14.6 Å². The standard InChI is InChI=1S/C20H22N4O3.CH2O2/c1-4-18-17(9-10-19(25)23-18)20(26)22-13(2)14-11-21-24(12-14)15-5-7-16(27-3)8-6-15;2-1-3/h5-13H,4H2,1-3H3,(H,22,26)(H,23,25);1H,(H,2,3). The highest BCUT2D eigenvalue weighted by atomic mass is 16.5. The number of ether oxygens (including phenoxy) is 1. The highest BCUT2D eigenvalue weighted by Gasteiger charge is 2.16. The van der Waals surface area contributed by atoms with Crippen molar-refractivity contribution in [3.8, 4) is 11.4 Å². The largest absolute Gasteiger partial charge is 0.497 e. The number of carboxylic acid groups (broad SMARTS) is 1. The molecule has 0 spiro atoms. The Morgan fingerprint density at radius 2 is 1.97 bits per heavy atom. The fourth-order valence-electron chi connectivity index (χ4n) is 2.80. The van der Waals surface area contributed by atoms with Crippen LogP contribution in [0.4, 0.5) is 0 Å². The molecule has 3 aromatic rings. The maximum atomic E-state index is 12.6. The molecule has 0 saturated carbocycles. The van der Waals surface area contributed by atoms with Crippen molar-refractivity contribution in [1.82, 2.24) is 20.1 Å². The first-order valence-electron chi connectivity index (χ1n) is 9.23. The Balaban J connectivity index is 0.00000101. The molecule has 9 heteroatoms.